The van der Waals surface area contributed by atoms with Crippen molar-refractivity contribution in [3.63, 3.8) is 0 Å². The van der Waals surface area contributed by atoms with E-state index in [1.807, 2.05) is 0 Å². The Morgan fingerprint density at radius 3 is 2.35 bits per heavy atom. The molecule has 0 aliphatic carbocycles. The number of carbonyl (C=O) groups excluding carboxylic acids is 1. The van der Waals surface area contributed by atoms with Crippen LogP contribution in [0.2, 0.25) is 5.02 Å². The van der Waals surface area contributed by atoms with Gasteiger partial charge in [-0.2, -0.15) is 4.31 Å². The lowest BCUT2D eigenvalue weighted by atomic mass is 10.1. The van der Waals surface area contributed by atoms with E-state index >= 15 is 0 Å². The third-order valence-corrected chi connectivity index (χ3v) is 5.91. The highest BCUT2D eigenvalue weighted by Crippen LogP contribution is 2.25. The van der Waals surface area contributed by atoms with Crippen LogP contribution in [0.15, 0.2) is 47.4 Å². The van der Waals surface area contributed by atoms with Crippen LogP contribution in [0, 0.1) is 6.92 Å². The monoisotopic (exact) mass is 352 g/mol. The Balaban J connectivity index is 2.27. The lowest BCUT2D eigenvalue weighted by Gasteiger charge is -2.19. The Kier molecular flexibility index (Phi) is 5.09. The second-order valence-corrected chi connectivity index (χ2v) is 7.61. The molecule has 0 fully saturated rings. The fourth-order valence-electron chi connectivity index (χ4n) is 2.15. The third-order valence-electron chi connectivity index (χ3n) is 3.55. The van der Waals surface area contributed by atoms with Gasteiger partial charge in [-0.15, -0.1) is 0 Å². The van der Waals surface area contributed by atoms with Gasteiger partial charge in [0.1, 0.15) is 0 Å². The molecule has 23 heavy (non-hydrogen) atoms. The predicted molar refractivity (Wildman–Crippen MR) is 89.8 cm³/mol. The van der Waals surface area contributed by atoms with Crippen molar-refractivity contribution in [2.24, 2.45) is 5.73 Å². The number of rotatable bonds is 5. The molecule has 5 nitrogen and oxygen atoms in total. The molecule has 2 N–H and O–H groups in total. The maximum atomic E-state index is 12.7. The quantitative estimate of drug-likeness (QED) is 0.898. The Morgan fingerprint density at radius 2 is 1.78 bits per heavy atom. The van der Waals surface area contributed by atoms with E-state index in [1.54, 1.807) is 43.3 Å². The molecule has 0 unspecified atom stereocenters. The molecule has 0 heterocycles. The van der Waals surface area contributed by atoms with Gasteiger partial charge in [-0.25, -0.2) is 8.42 Å². The van der Waals surface area contributed by atoms with Crippen molar-refractivity contribution in [1.29, 1.82) is 0 Å². The molecule has 122 valence electrons. The molecule has 0 saturated carbocycles. The van der Waals surface area contributed by atoms with Gasteiger partial charge in [-0.1, -0.05) is 29.8 Å². The van der Waals surface area contributed by atoms with E-state index in [2.05, 4.69) is 0 Å². The molecule has 0 aromatic heterocycles. The van der Waals surface area contributed by atoms with Crippen LogP contribution >= 0.6 is 11.6 Å². The number of sulfonamides is 1. The first-order valence-corrected chi connectivity index (χ1v) is 8.65. The molecule has 0 spiro atoms. The zero-order chi connectivity index (χ0) is 17.2. The molecule has 0 radical (unpaired) electrons. The molecule has 0 aliphatic heterocycles. The lowest BCUT2D eigenvalue weighted by Crippen LogP contribution is -2.27. The molecule has 0 saturated heterocycles. The van der Waals surface area contributed by atoms with Crippen LogP contribution in [0.4, 0.5) is 0 Å². The van der Waals surface area contributed by atoms with Gasteiger partial charge in [0.2, 0.25) is 15.9 Å². The van der Waals surface area contributed by atoms with Crippen molar-refractivity contribution in [2.45, 2.75) is 18.4 Å². The van der Waals surface area contributed by atoms with Crippen LogP contribution < -0.4 is 5.73 Å². The molecule has 2 aromatic rings. The second kappa shape index (κ2) is 6.70. The number of halogens is 1. The highest BCUT2D eigenvalue weighted by Gasteiger charge is 2.23. The fourth-order valence-corrected chi connectivity index (χ4v) is 3.78. The maximum Gasteiger partial charge on any atom is 0.248 e. The standard InChI is InChI=1S/C16H17ClN2O3S/c1-11-14(17)4-3-5-15(11)23(21,22)19(2)10-12-6-8-13(9-7-12)16(18)20/h3-9H,10H2,1-2H3,(H2,18,20). The molecule has 2 aromatic carbocycles. The molecular weight excluding hydrogens is 336 g/mol. The molecule has 2 rings (SSSR count). The summed E-state index contributed by atoms with van der Waals surface area (Å²) in [5.74, 6) is -0.521. The van der Waals surface area contributed by atoms with E-state index in [0.29, 0.717) is 16.1 Å². The third kappa shape index (κ3) is 3.72. The van der Waals surface area contributed by atoms with E-state index in [0.717, 1.165) is 5.56 Å². The predicted octanol–water partition coefficient (Wildman–Crippen LogP) is 2.57. The number of hydrogen-bond donors (Lipinski definition) is 1. The van der Waals surface area contributed by atoms with Crippen LogP contribution in [0.25, 0.3) is 0 Å². The molecule has 1 amide bonds. The van der Waals surface area contributed by atoms with Crippen molar-refractivity contribution in [2.75, 3.05) is 7.05 Å². The van der Waals surface area contributed by atoms with Crippen LogP contribution in [-0.4, -0.2) is 25.7 Å². The van der Waals surface area contributed by atoms with Crippen molar-refractivity contribution in [1.82, 2.24) is 4.31 Å². The van der Waals surface area contributed by atoms with E-state index in [1.165, 1.54) is 17.4 Å². The van der Waals surface area contributed by atoms with Crippen LogP contribution in [0.1, 0.15) is 21.5 Å². The number of nitrogens with zero attached hydrogens (tertiary/aromatic N) is 1. The minimum absolute atomic E-state index is 0.174. The number of amides is 1. The van der Waals surface area contributed by atoms with Gasteiger partial charge in [0.15, 0.2) is 0 Å². The number of hydrogen-bond acceptors (Lipinski definition) is 3. The first kappa shape index (κ1) is 17.5. The highest BCUT2D eigenvalue weighted by molar-refractivity contribution is 7.89. The number of primary amides is 1. The second-order valence-electron chi connectivity index (χ2n) is 5.19. The lowest BCUT2D eigenvalue weighted by molar-refractivity contribution is 0.1000. The highest BCUT2D eigenvalue weighted by atomic mass is 35.5. The Morgan fingerprint density at radius 1 is 1.17 bits per heavy atom. The summed E-state index contributed by atoms with van der Waals surface area (Å²) in [6.07, 6.45) is 0. The molecular formula is C16H17ClN2O3S. The minimum Gasteiger partial charge on any atom is -0.366 e. The topological polar surface area (TPSA) is 80.5 Å². The van der Waals surface area contributed by atoms with E-state index < -0.39 is 15.9 Å². The summed E-state index contributed by atoms with van der Waals surface area (Å²) in [5, 5.41) is 0.408. The smallest absolute Gasteiger partial charge is 0.248 e. The largest absolute Gasteiger partial charge is 0.366 e. The number of carbonyl (C=O) groups is 1. The number of benzene rings is 2. The first-order valence-electron chi connectivity index (χ1n) is 6.83. The van der Waals surface area contributed by atoms with Gasteiger partial charge in [-0.3, -0.25) is 4.79 Å². The summed E-state index contributed by atoms with van der Waals surface area (Å²) in [7, 11) is -2.16. The molecule has 0 atom stereocenters. The SMILES string of the molecule is Cc1c(Cl)cccc1S(=O)(=O)N(C)Cc1ccc(C(N)=O)cc1. The van der Waals surface area contributed by atoms with E-state index in [-0.39, 0.29) is 11.4 Å². The maximum absolute atomic E-state index is 12.7. The molecule has 0 bridgehead atoms. The van der Waals surface area contributed by atoms with Crippen molar-refractivity contribution in [3.8, 4) is 0 Å². The Hall–Kier alpha value is -1.89. The van der Waals surface area contributed by atoms with Gasteiger partial charge in [0, 0.05) is 24.2 Å². The van der Waals surface area contributed by atoms with Crippen molar-refractivity contribution in [3.05, 3.63) is 64.2 Å². The van der Waals surface area contributed by atoms with Gasteiger partial charge in [0.25, 0.3) is 0 Å². The van der Waals surface area contributed by atoms with Gasteiger partial charge in [-0.05, 0) is 42.3 Å². The van der Waals surface area contributed by atoms with Gasteiger partial charge < -0.3 is 5.73 Å². The van der Waals surface area contributed by atoms with E-state index in [4.69, 9.17) is 17.3 Å². The van der Waals surface area contributed by atoms with E-state index in [9.17, 15) is 13.2 Å². The van der Waals surface area contributed by atoms with Crippen molar-refractivity contribution >= 4 is 27.5 Å². The summed E-state index contributed by atoms with van der Waals surface area (Å²) >= 11 is 6.01. The minimum atomic E-state index is -3.66. The first-order chi connectivity index (χ1) is 10.7. The number of nitrogens with two attached hydrogens (primary N) is 1. The molecule has 0 aliphatic rings. The Bertz CT molecular complexity index is 833. The average Bonchev–Trinajstić information content (AvgIpc) is 2.50. The normalized spacial score (nSPS) is 11.7. The average molecular weight is 353 g/mol. The summed E-state index contributed by atoms with van der Waals surface area (Å²) in [5.41, 5.74) is 6.83. The zero-order valence-corrected chi connectivity index (χ0v) is 14.4. The van der Waals surface area contributed by atoms with Gasteiger partial charge >= 0.3 is 0 Å². The molecule has 7 heteroatoms. The van der Waals surface area contributed by atoms with Crippen LogP contribution in [0.5, 0.6) is 0 Å². The van der Waals surface area contributed by atoms with Crippen molar-refractivity contribution < 1.29 is 13.2 Å². The fraction of sp³-hybridized carbons (Fsp3) is 0.188. The summed E-state index contributed by atoms with van der Waals surface area (Å²) in [6.45, 7) is 1.85. The summed E-state index contributed by atoms with van der Waals surface area (Å²) < 4.78 is 26.6. The summed E-state index contributed by atoms with van der Waals surface area (Å²) in [4.78, 5) is 11.2. The van der Waals surface area contributed by atoms with Gasteiger partial charge in [0.05, 0.1) is 4.90 Å². The Labute approximate surface area is 140 Å². The van der Waals surface area contributed by atoms with Crippen LogP contribution in [0.3, 0.4) is 0 Å². The zero-order valence-electron chi connectivity index (χ0n) is 12.8. The summed E-state index contributed by atoms with van der Waals surface area (Å²) in [6, 6.07) is 11.3. The van der Waals surface area contributed by atoms with Crippen LogP contribution in [-0.2, 0) is 16.6 Å².